The third-order valence-corrected chi connectivity index (χ3v) is 5.29. The van der Waals surface area contributed by atoms with Gasteiger partial charge in [0, 0.05) is 17.1 Å². The molecule has 0 radical (unpaired) electrons. The molecule has 2 aromatic carbocycles. The average molecular weight is 415 g/mol. The quantitative estimate of drug-likeness (QED) is 0.496. The van der Waals surface area contributed by atoms with Gasteiger partial charge in [-0.2, -0.15) is 10.1 Å². The van der Waals surface area contributed by atoms with Crippen molar-refractivity contribution in [2.45, 2.75) is 40.7 Å². The fourth-order valence-electron chi connectivity index (χ4n) is 3.71. The minimum atomic E-state index is -0.709. The van der Waals surface area contributed by atoms with E-state index < -0.39 is 6.10 Å². The molecule has 0 saturated carbocycles. The number of carbonyl (C=O) groups excluding carboxylic acids is 1. The summed E-state index contributed by atoms with van der Waals surface area (Å²) >= 11 is 0. The van der Waals surface area contributed by atoms with E-state index in [1.807, 2.05) is 87.0 Å². The molecule has 4 aromatic rings. The Morgan fingerprint density at radius 3 is 2.45 bits per heavy atom. The third-order valence-electron chi connectivity index (χ3n) is 5.29. The van der Waals surface area contributed by atoms with Crippen molar-refractivity contribution in [3.8, 4) is 11.6 Å². The van der Waals surface area contributed by atoms with E-state index in [-0.39, 0.29) is 5.91 Å². The first kappa shape index (κ1) is 20.6. The second-order valence-electron chi connectivity index (χ2n) is 7.88. The highest BCUT2D eigenvalue weighted by Gasteiger charge is 2.19. The smallest absolute Gasteiger partial charge is 0.265 e. The number of hydrogen-bond donors (Lipinski definition) is 1. The van der Waals surface area contributed by atoms with Crippen molar-refractivity contribution in [3.63, 3.8) is 0 Å². The van der Waals surface area contributed by atoms with Crippen LogP contribution in [0, 0.1) is 27.7 Å². The fraction of sp³-hybridized carbons (Fsp3) is 0.240. The molecule has 0 unspecified atom stereocenters. The molecule has 158 valence electrons. The molecule has 0 bridgehead atoms. The maximum atomic E-state index is 12.7. The number of benzene rings is 2. The summed E-state index contributed by atoms with van der Waals surface area (Å²) in [6.07, 6.45) is -0.709. The van der Waals surface area contributed by atoms with Crippen LogP contribution in [0.25, 0.3) is 16.7 Å². The summed E-state index contributed by atoms with van der Waals surface area (Å²) in [6.45, 7) is 9.69. The zero-order valence-electron chi connectivity index (χ0n) is 18.4. The highest BCUT2D eigenvalue weighted by Crippen LogP contribution is 2.27. The molecule has 4 rings (SSSR count). The van der Waals surface area contributed by atoms with Gasteiger partial charge in [0.25, 0.3) is 5.91 Å². The monoisotopic (exact) mass is 414 g/mol. The third kappa shape index (κ3) is 4.14. The molecule has 0 aliphatic carbocycles. The number of ether oxygens (including phenoxy) is 1. The Balaban J connectivity index is 1.61. The first-order valence-electron chi connectivity index (χ1n) is 10.3. The van der Waals surface area contributed by atoms with Crippen molar-refractivity contribution in [1.82, 2.24) is 14.8 Å². The Kier molecular flexibility index (Phi) is 5.46. The lowest BCUT2D eigenvalue weighted by atomic mass is 10.1. The Morgan fingerprint density at radius 1 is 1.00 bits per heavy atom. The van der Waals surface area contributed by atoms with E-state index in [0.717, 1.165) is 39.1 Å². The number of para-hydroxylation sites is 1. The van der Waals surface area contributed by atoms with Crippen LogP contribution >= 0.6 is 0 Å². The van der Waals surface area contributed by atoms with E-state index in [1.165, 1.54) is 0 Å². The summed E-state index contributed by atoms with van der Waals surface area (Å²) in [4.78, 5) is 17.4. The van der Waals surface area contributed by atoms with Crippen LogP contribution in [0.3, 0.4) is 0 Å². The highest BCUT2D eigenvalue weighted by molar-refractivity contribution is 5.94. The van der Waals surface area contributed by atoms with Gasteiger partial charge in [-0.25, -0.2) is 4.68 Å². The lowest BCUT2D eigenvalue weighted by Gasteiger charge is -2.16. The van der Waals surface area contributed by atoms with Gasteiger partial charge in [-0.3, -0.25) is 4.79 Å². The van der Waals surface area contributed by atoms with Crippen LogP contribution in [0.4, 0.5) is 5.69 Å². The second-order valence-corrected chi connectivity index (χ2v) is 7.88. The molecule has 0 spiro atoms. The molecule has 0 saturated heterocycles. The molecule has 2 aromatic heterocycles. The number of rotatable bonds is 5. The molecule has 0 aliphatic rings. The Morgan fingerprint density at radius 2 is 1.74 bits per heavy atom. The van der Waals surface area contributed by atoms with Crippen LogP contribution in [0.15, 0.2) is 54.6 Å². The first-order chi connectivity index (χ1) is 14.8. The fourth-order valence-corrected chi connectivity index (χ4v) is 3.71. The molecule has 1 N–H and O–H groups in total. The number of aromatic nitrogens is 3. The van der Waals surface area contributed by atoms with E-state index in [4.69, 9.17) is 9.72 Å². The molecule has 6 nitrogen and oxygen atoms in total. The Labute approximate surface area is 181 Å². The van der Waals surface area contributed by atoms with Crippen molar-refractivity contribution < 1.29 is 9.53 Å². The SMILES string of the molecule is Cc1ccc(NC(=O)[C@@H](C)Oc2cc(C)c3c(C)nn(-c4ccccc4)c3n2)c(C)c1. The minimum absolute atomic E-state index is 0.223. The van der Waals surface area contributed by atoms with Gasteiger partial charge in [-0.05, 0) is 63.9 Å². The topological polar surface area (TPSA) is 69.0 Å². The molecular formula is C25H26N4O2. The number of nitrogens with one attached hydrogen (secondary N) is 1. The second kappa shape index (κ2) is 8.22. The van der Waals surface area contributed by atoms with E-state index in [2.05, 4.69) is 10.4 Å². The van der Waals surface area contributed by atoms with E-state index >= 15 is 0 Å². The van der Waals surface area contributed by atoms with Crippen LogP contribution in [-0.4, -0.2) is 26.8 Å². The van der Waals surface area contributed by atoms with E-state index in [0.29, 0.717) is 11.5 Å². The van der Waals surface area contributed by atoms with Crippen molar-refractivity contribution in [2.24, 2.45) is 0 Å². The molecule has 2 heterocycles. The summed E-state index contributed by atoms with van der Waals surface area (Å²) in [5.74, 6) is 0.171. The van der Waals surface area contributed by atoms with Crippen LogP contribution in [0.2, 0.25) is 0 Å². The zero-order valence-corrected chi connectivity index (χ0v) is 18.4. The van der Waals surface area contributed by atoms with Crippen molar-refractivity contribution in [1.29, 1.82) is 0 Å². The van der Waals surface area contributed by atoms with Gasteiger partial charge in [0.15, 0.2) is 11.8 Å². The molecular weight excluding hydrogens is 388 g/mol. The normalized spacial score (nSPS) is 12.0. The van der Waals surface area contributed by atoms with Crippen molar-refractivity contribution in [3.05, 3.63) is 77.0 Å². The number of aryl methyl sites for hydroxylation is 4. The molecule has 0 fully saturated rings. The van der Waals surface area contributed by atoms with E-state index in [1.54, 1.807) is 6.92 Å². The van der Waals surface area contributed by atoms with Crippen LogP contribution < -0.4 is 10.1 Å². The van der Waals surface area contributed by atoms with Crippen LogP contribution in [0.1, 0.15) is 29.3 Å². The largest absolute Gasteiger partial charge is 0.464 e. The summed E-state index contributed by atoms with van der Waals surface area (Å²) in [6, 6.07) is 17.6. The number of nitrogens with zero attached hydrogens (tertiary/aromatic N) is 3. The van der Waals surface area contributed by atoms with Crippen molar-refractivity contribution in [2.75, 3.05) is 5.32 Å². The highest BCUT2D eigenvalue weighted by atomic mass is 16.5. The maximum Gasteiger partial charge on any atom is 0.265 e. The number of pyridine rings is 1. The van der Waals surface area contributed by atoms with Crippen molar-refractivity contribution >= 4 is 22.6 Å². The predicted octanol–water partition coefficient (Wildman–Crippen LogP) is 5.06. The summed E-state index contributed by atoms with van der Waals surface area (Å²) in [5, 5.41) is 8.60. The predicted molar refractivity (Wildman–Crippen MR) is 123 cm³/mol. The van der Waals surface area contributed by atoms with Gasteiger partial charge in [0.2, 0.25) is 5.88 Å². The number of fused-ring (bicyclic) bond motifs is 1. The number of anilines is 1. The van der Waals surface area contributed by atoms with Gasteiger partial charge in [0.1, 0.15) is 0 Å². The first-order valence-corrected chi connectivity index (χ1v) is 10.3. The molecule has 31 heavy (non-hydrogen) atoms. The van der Waals surface area contributed by atoms with E-state index in [9.17, 15) is 4.79 Å². The standard InChI is InChI=1S/C25H26N4O2/c1-15-11-12-21(16(2)13-15)26-25(30)19(5)31-22-14-17(3)23-18(4)28-29(24(23)27-22)20-9-7-6-8-10-20/h6-14,19H,1-5H3,(H,26,30)/t19-/m1/s1. The zero-order chi connectivity index (χ0) is 22.1. The molecule has 0 aliphatic heterocycles. The Hall–Kier alpha value is -3.67. The summed E-state index contributed by atoms with van der Waals surface area (Å²) in [7, 11) is 0. The summed E-state index contributed by atoms with van der Waals surface area (Å²) < 4.78 is 7.75. The van der Waals surface area contributed by atoms with Gasteiger partial charge < -0.3 is 10.1 Å². The number of hydrogen-bond acceptors (Lipinski definition) is 4. The lowest BCUT2D eigenvalue weighted by Crippen LogP contribution is -2.30. The van der Waals surface area contributed by atoms with Gasteiger partial charge in [-0.15, -0.1) is 0 Å². The average Bonchev–Trinajstić information content (AvgIpc) is 3.07. The Bertz CT molecular complexity index is 1260. The molecule has 1 amide bonds. The lowest BCUT2D eigenvalue weighted by molar-refractivity contribution is -0.122. The molecule has 1 atom stereocenters. The van der Waals surface area contributed by atoms with Gasteiger partial charge >= 0.3 is 0 Å². The molecule has 6 heteroatoms. The minimum Gasteiger partial charge on any atom is -0.464 e. The van der Waals surface area contributed by atoms with Gasteiger partial charge in [0.05, 0.1) is 11.4 Å². The van der Waals surface area contributed by atoms with Crippen LogP contribution in [0.5, 0.6) is 5.88 Å². The van der Waals surface area contributed by atoms with Gasteiger partial charge in [-0.1, -0.05) is 35.9 Å². The maximum absolute atomic E-state index is 12.7. The number of amides is 1. The van der Waals surface area contributed by atoms with Crippen LogP contribution in [-0.2, 0) is 4.79 Å². The number of carbonyl (C=O) groups is 1. The summed E-state index contributed by atoms with van der Waals surface area (Å²) in [5.41, 5.74) is 6.48.